The number of benzene rings is 1. The molecule has 0 amide bonds. The molecule has 188 valence electrons. The Labute approximate surface area is 209 Å². The Morgan fingerprint density at radius 2 is 1.79 bits per heavy atom. The van der Waals surface area contributed by atoms with Crippen LogP contribution in [0.1, 0.15) is 71.6 Å². The highest BCUT2D eigenvalue weighted by atomic mass is 35.5. The zero-order valence-corrected chi connectivity index (χ0v) is 21.3. The van der Waals surface area contributed by atoms with Crippen molar-refractivity contribution >= 4 is 30.3 Å². The number of hydrogen-bond donors (Lipinski definition) is 4. The molecule has 4 saturated carbocycles. The van der Waals surface area contributed by atoms with Crippen molar-refractivity contribution in [3.8, 4) is 0 Å². The number of fused-ring (bicyclic) bond motifs is 5. The smallest absolute Gasteiger partial charge is 0.214 e. The first-order valence-electron chi connectivity index (χ1n) is 12.8. The Kier molecular flexibility index (Phi) is 7.07. The van der Waals surface area contributed by atoms with E-state index >= 15 is 0 Å². The Hall–Kier alpha value is -1.63. The van der Waals surface area contributed by atoms with Crippen molar-refractivity contribution in [3.05, 3.63) is 30.3 Å². The quantitative estimate of drug-likeness (QED) is 0.279. The van der Waals surface area contributed by atoms with Crippen molar-refractivity contribution in [1.29, 1.82) is 0 Å². The molecule has 8 atom stereocenters. The first kappa shape index (κ1) is 25.5. The van der Waals surface area contributed by atoms with Crippen LogP contribution in [0.15, 0.2) is 40.4 Å². The van der Waals surface area contributed by atoms with Crippen LogP contribution in [0.3, 0.4) is 0 Å². The molecule has 0 heterocycles. The molecule has 7 heteroatoms. The number of rotatable bonds is 3. The zero-order valence-electron chi connectivity index (χ0n) is 20.5. The van der Waals surface area contributed by atoms with E-state index in [1.54, 1.807) is 0 Å². The van der Waals surface area contributed by atoms with Gasteiger partial charge >= 0.3 is 0 Å². The number of hydrazone groups is 1. The van der Waals surface area contributed by atoms with Gasteiger partial charge in [-0.2, -0.15) is 5.10 Å². The van der Waals surface area contributed by atoms with Gasteiger partial charge in [0.2, 0.25) is 5.96 Å². The van der Waals surface area contributed by atoms with Gasteiger partial charge in [0.25, 0.3) is 0 Å². The lowest BCUT2D eigenvalue weighted by molar-refractivity contribution is -0.206. The van der Waals surface area contributed by atoms with Gasteiger partial charge in [0.05, 0.1) is 17.4 Å². The molecule has 0 bridgehead atoms. The maximum atomic E-state index is 12.2. The van der Waals surface area contributed by atoms with Crippen LogP contribution >= 0.6 is 12.4 Å². The monoisotopic (exact) mass is 488 g/mol. The molecule has 4 fully saturated rings. The van der Waals surface area contributed by atoms with Gasteiger partial charge in [-0.05, 0) is 93.1 Å². The van der Waals surface area contributed by atoms with E-state index in [4.69, 9.17) is 5.73 Å². The van der Waals surface area contributed by atoms with Crippen LogP contribution in [0.25, 0.3) is 0 Å². The van der Waals surface area contributed by atoms with Crippen LogP contribution in [0.4, 0.5) is 5.69 Å². The van der Waals surface area contributed by atoms with Crippen LogP contribution in [0.2, 0.25) is 0 Å². The number of nitrogens with one attached hydrogen (secondary N) is 1. The van der Waals surface area contributed by atoms with Gasteiger partial charge in [-0.3, -0.25) is 0 Å². The highest BCUT2D eigenvalue weighted by molar-refractivity contribution is 5.85. The molecule has 0 spiro atoms. The molecule has 0 radical (unpaired) electrons. The molecule has 0 aromatic heterocycles. The summed E-state index contributed by atoms with van der Waals surface area (Å²) in [6, 6.07) is 9.60. The SMILES string of the molecule is C[C@]12CC[C@H](O)C[C@H]1CC[C@@H]1[C@@H]2CC[C@]2(C)[C@@H](/C=N/NC(N)=Nc3ccccc3)CC[C@]12O.Cl. The lowest BCUT2D eigenvalue weighted by Gasteiger charge is -2.63. The number of guanidine groups is 1. The molecule has 1 aromatic carbocycles. The lowest BCUT2D eigenvalue weighted by atomic mass is 9.43. The molecule has 0 unspecified atom stereocenters. The summed E-state index contributed by atoms with van der Waals surface area (Å²) in [4.78, 5) is 4.34. The molecule has 5 rings (SSSR count). The van der Waals surface area contributed by atoms with Gasteiger partial charge in [-0.25, -0.2) is 10.4 Å². The normalized spacial score (nSPS) is 44.0. The van der Waals surface area contributed by atoms with E-state index in [1.807, 2.05) is 36.5 Å². The summed E-state index contributed by atoms with van der Waals surface area (Å²) in [5.41, 5.74) is 9.14. The predicted molar refractivity (Wildman–Crippen MR) is 139 cm³/mol. The number of aliphatic hydroxyl groups is 2. The maximum Gasteiger partial charge on any atom is 0.214 e. The first-order valence-corrected chi connectivity index (χ1v) is 12.8. The summed E-state index contributed by atoms with van der Waals surface area (Å²) in [6.07, 6.45) is 11.0. The number of aliphatic hydroxyl groups excluding tert-OH is 1. The van der Waals surface area contributed by atoms with E-state index in [0.29, 0.717) is 17.8 Å². The number of hydrogen-bond acceptors (Lipinski definition) is 4. The minimum atomic E-state index is -0.639. The second-order valence-corrected chi connectivity index (χ2v) is 11.7. The summed E-state index contributed by atoms with van der Waals surface area (Å²) in [5, 5.41) is 26.9. The highest BCUT2D eigenvalue weighted by Crippen LogP contribution is 2.68. The average Bonchev–Trinajstić information content (AvgIpc) is 3.06. The van der Waals surface area contributed by atoms with Crippen LogP contribution in [-0.4, -0.2) is 34.1 Å². The molecule has 4 aliphatic carbocycles. The van der Waals surface area contributed by atoms with Crippen LogP contribution in [-0.2, 0) is 0 Å². The fourth-order valence-electron chi connectivity index (χ4n) is 8.34. The first-order chi connectivity index (χ1) is 15.8. The van der Waals surface area contributed by atoms with Crippen LogP contribution < -0.4 is 11.2 Å². The van der Waals surface area contributed by atoms with Gasteiger partial charge in [-0.15, -0.1) is 12.4 Å². The van der Waals surface area contributed by atoms with Crippen LogP contribution in [0.5, 0.6) is 0 Å². The Balaban J connectivity index is 0.00000274. The summed E-state index contributed by atoms with van der Waals surface area (Å²) >= 11 is 0. The van der Waals surface area contributed by atoms with E-state index in [0.717, 1.165) is 57.1 Å². The summed E-state index contributed by atoms with van der Waals surface area (Å²) in [6.45, 7) is 4.74. The summed E-state index contributed by atoms with van der Waals surface area (Å²) in [7, 11) is 0. The molecule has 0 aliphatic heterocycles. The van der Waals surface area contributed by atoms with E-state index in [-0.39, 0.29) is 41.2 Å². The Morgan fingerprint density at radius 3 is 2.56 bits per heavy atom. The van der Waals surface area contributed by atoms with E-state index < -0.39 is 5.60 Å². The van der Waals surface area contributed by atoms with Crippen molar-refractivity contribution in [1.82, 2.24) is 5.43 Å². The Bertz CT molecular complexity index is 926. The zero-order chi connectivity index (χ0) is 23.3. The van der Waals surface area contributed by atoms with Gasteiger partial charge in [-0.1, -0.05) is 32.0 Å². The molecule has 1 aromatic rings. The second kappa shape index (κ2) is 9.44. The van der Waals surface area contributed by atoms with Gasteiger partial charge in [0.1, 0.15) is 0 Å². The van der Waals surface area contributed by atoms with Crippen LogP contribution in [0, 0.1) is 34.5 Å². The Morgan fingerprint density at radius 1 is 1.03 bits per heavy atom. The number of nitrogens with two attached hydrogens (primary N) is 1. The van der Waals surface area contributed by atoms with Crippen molar-refractivity contribution in [2.75, 3.05) is 0 Å². The van der Waals surface area contributed by atoms with Crippen molar-refractivity contribution < 1.29 is 10.2 Å². The summed E-state index contributed by atoms with van der Waals surface area (Å²) < 4.78 is 0. The molecule has 5 N–H and O–H groups in total. The number of nitrogens with zero attached hydrogens (tertiary/aromatic N) is 2. The number of para-hydroxylation sites is 1. The molecular weight excluding hydrogens is 448 g/mol. The minimum Gasteiger partial charge on any atom is -0.393 e. The van der Waals surface area contributed by atoms with Crippen molar-refractivity contribution in [2.24, 2.45) is 50.3 Å². The van der Waals surface area contributed by atoms with Gasteiger partial charge < -0.3 is 15.9 Å². The topological polar surface area (TPSA) is 103 Å². The minimum absolute atomic E-state index is 0. The third-order valence-corrected chi connectivity index (χ3v) is 10.3. The van der Waals surface area contributed by atoms with Crippen molar-refractivity contribution in [2.45, 2.75) is 83.3 Å². The molecule has 6 nitrogen and oxygen atoms in total. The van der Waals surface area contributed by atoms with Gasteiger partial charge in [0, 0.05) is 17.5 Å². The van der Waals surface area contributed by atoms with Gasteiger partial charge in [0.15, 0.2) is 0 Å². The average molecular weight is 489 g/mol. The fourth-order valence-corrected chi connectivity index (χ4v) is 8.34. The fraction of sp³-hybridized carbons (Fsp3) is 0.704. The van der Waals surface area contributed by atoms with Crippen molar-refractivity contribution in [3.63, 3.8) is 0 Å². The van der Waals surface area contributed by atoms with E-state index in [2.05, 4.69) is 29.4 Å². The lowest BCUT2D eigenvalue weighted by Crippen LogP contribution is -2.62. The molecule has 4 aliphatic rings. The second-order valence-electron chi connectivity index (χ2n) is 11.7. The van der Waals surface area contributed by atoms with E-state index in [1.165, 1.54) is 6.42 Å². The molecular formula is C27H41ClN4O2. The number of aliphatic imine (C=N–C) groups is 1. The summed E-state index contributed by atoms with van der Waals surface area (Å²) in [5.74, 6) is 2.00. The molecule has 0 saturated heterocycles. The number of halogens is 1. The standard InChI is InChI=1S/C27H40N4O2.ClH/c1-25-13-11-21(32)16-18(25)8-9-23-22(25)12-14-26(2)19(10-15-27(23,26)33)17-29-31-24(28)30-20-6-4-3-5-7-20;/h3-7,17-19,21-23,32-33H,8-16H2,1-2H3,(H3,28,30,31);1H/b29-17+;/t18-,19-,21+,22+,23-,25+,26-,27+;/m1./s1. The maximum absolute atomic E-state index is 12.2. The van der Waals surface area contributed by atoms with E-state index in [9.17, 15) is 10.2 Å². The predicted octanol–water partition coefficient (Wildman–Crippen LogP) is 4.76. The highest BCUT2D eigenvalue weighted by Gasteiger charge is 2.66. The molecule has 34 heavy (non-hydrogen) atoms. The third-order valence-electron chi connectivity index (χ3n) is 10.3. The third kappa shape index (κ3) is 4.06. The largest absolute Gasteiger partial charge is 0.393 e.